The van der Waals surface area contributed by atoms with Crippen molar-refractivity contribution in [2.24, 2.45) is 0 Å². The highest BCUT2D eigenvalue weighted by Gasteiger charge is 2.46. The fourth-order valence-electron chi connectivity index (χ4n) is 3.14. The van der Waals surface area contributed by atoms with Gasteiger partial charge in [-0.25, -0.2) is 4.98 Å². The third kappa shape index (κ3) is 2.97. The molecule has 1 N–H and O–H groups in total. The summed E-state index contributed by atoms with van der Waals surface area (Å²) in [5, 5.41) is 12.7. The van der Waals surface area contributed by atoms with Gasteiger partial charge in [0.1, 0.15) is 5.75 Å². The number of hydrogen-bond donors (Lipinski definition) is 1. The molecule has 1 aliphatic rings. The summed E-state index contributed by atoms with van der Waals surface area (Å²) >= 11 is 1.24. The van der Waals surface area contributed by atoms with Gasteiger partial charge in [-0.05, 0) is 36.8 Å². The molecule has 1 aliphatic heterocycles. The fraction of sp³-hybridized carbons (Fsp3) is 0.150. The van der Waals surface area contributed by atoms with Gasteiger partial charge in [0.2, 0.25) is 5.78 Å². The maximum atomic E-state index is 13.0. The number of rotatable bonds is 6. The number of aromatic nitrogens is 1. The number of furan rings is 1. The van der Waals surface area contributed by atoms with E-state index >= 15 is 0 Å². The van der Waals surface area contributed by atoms with Crippen LogP contribution in [0.5, 0.6) is 5.75 Å². The number of ether oxygens (including phenoxy) is 1. The first-order valence-electron chi connectivity index (χ1n) is 8.59. The van der Waals surface area contributed by atoms with Gasteiger partial charge in [-0.2, -0.15) is 0 Å². The Morgan fingerprint density at radius 3 is 2.71 bits per heavy atom. The van der Waals surface area contributed by atoms with Crippen LogP contribution >= 0.6 is 11.3 Å². The molecular formula is C20H16N2O5S. The molecular weight excluding hydrogens is 380 g/mol. The topological polar surface area (TPSA) is 92.9 Å². The molecule has 28 heavy (non-hydrogen) atoms. The van der Waals surface area contributed by atoms with E-state index in [-0.39, 0.29) is 11.3 Å². The Hall–Kier alpha value is -3.39. The number of nitrogens with zero attached hydrogens (tertiary/aromatic N) is 2. The van der Waals surface area contributed by atoms with Gasteiger partial charge in [0.05, 0.1) is 24.5 Å². The van der Waals surface area contributed by atoms with E-state index < -0.39 is 23.5 Å². The Labute approximate surface area is 164 Å². The van der Waals surface area contributed by atoms with Crippen LogP contribution in [-0.4, -0.2) is 28.4 Å². The van der Waals surface area contributed by atoms with Gasteiger partial charge in [-0.1, -0.05) is 12.1 Å². The zero-order chi connectivity index (χ0) is 19.7. The smallest absolute Gasteiger partial charge is 0.296 e. The Kier molecular flexibility index (Phi) is 4.70. The lowest BCUT2D eigenvalue weighted by Gasteiger charge is -2.24. The van der Waals surface area contributed by atoms with E-state index in [4.69, 9.17) is 9.15 Å². The van der Waals surface area contributed by atoms with E-state index in [1.807, 2.05) is 6.92 Å². The fourth-order valence-corrected chi connectivity index (χ4v) is 3.81. The molecule has 142 valence electrons. The number of amides is 1. The van der Waals surface area contributed by atoms with Crippen molar-refractivity contribution in [2.75, 3.05) is 11.5 Å². The van der Waals surface area contributed by atoms with Gasteiger partial charge < -0.3 is 14.3 Å². The molecule has 0 radical (unpaired) electrons. The van der Waals surface area contributed by atoms with E-state index in [1.165, 1.54) is 28.6 Å². The number of carbonyl (C=O) groups excluding carboxylic acids is 2. The highest BCUT2D eigenvalue weighted by Crippen LogP contribution is 2.42. The third-order valence-electron chi connectivity index (χ3n) is 4.33. The van der Waals surface area contributed by atoms with Gasteiger partial charge >= 0.3 is 0 Å². The number of aliphatic hydroxyl groups is 1. The van der Waals surface area contributed by atoms with Crippen LogP contribution < -0.4 is 9.64 Å². The second kappa shape index (κ2) is 7.32. The molecule has 3 aromatic rings. The summed E-state index contributed by atoms with van der Waals surface area (Å²) in [5.74, 6) is -1.11. The Bertz CT molecular complexity index is 1020. The summed E-state index contributed by atoms with van der Waals surface area (Å²) in [5.41, 5.74) is 0.602. The van der Waals surface area contributed by atoms with Gasteiger partial charge in [0.15, 0.2) is 16.7 Å². The minimum Gasteiger partial charge on any atom is -0.503 e. The van der Waals surface area contributed by atoms with Crippen LogP contribution in [0.1, 0.15) is 29.1 Å². The van der Waals surface area contributed by atoms with E-state index in [1.54, 1.807) is 41.9 Å². The van der Waals surface area contributed by atoms with Crippen LogP contribution in [-0.2, 0) is 4.79 Å². The van der Waals surface area contributed by atoms with Crippen molar-refractivity contribution < 1.29 is 23.8 Å². The van der Waals surface area contributed by atoms with E-state index in [0.29, 0.717) is 23.1 Å². The van der Waals surface area contributed by atoms with Crippen molar-refractivity contribution in [2.45, 2.75) is 13.0 Å². The van der Waals surface area contributed by atoms with Crippen LogP contribution in [0.3, 0.4) is 0 Å². The molecule has 1 unspecified atom stereocenters. The van der Waals surface area contributed by atoms with Crippen LogP contribution in [0.4, 0.5) is 5.13 Å². The van der Waals surface area contributed by atoms with Crippen molar-refractivity contribution in [3.63, 3.8) is 0 Å². The summed E-state index contributed by atoms with van der Waals surface area (Å²) in [6.07, 6.45) is 2.93. The Balaban J connectivity index is 1.82. The summed E-state index contributed by atoms with van der Waals surface area (Å²) in [7, 11) is 0. The molecule has 0 spiro atoms. The number of carbonyl (C=O) groups is 2. The number of ketones is 1. The number of Topliss-reactive ketones (excluding diaryl/α,β-unsaturated/α-hetero) is 1. The lowest BCUT2D eigenvalue weighted by Crippen LogP contribution is -2.30. The zero-order valence-corrected chi connectivity index (χ0v) is 15.7. The van der Waals surface area contributed by atoms with Crippen molar-refractivity contribution in [3.8, 4) is 5.75 Å². The van der Waals surface area contributed by atoms with E-state index in [9.17, 15) is 14.7 Å². The molecule has 3 heterocycles. The first-order chi connectivity index (χ1) is 13.6. The maximum Gasteiger partial charge on any atom is 0.296 e. The summed E-state index contributed by atoms with van der Waals surface area (Å²) < 4.78 is 10.7. The molecule has 0 saturated carbocycles. The van der Waals surface area contributed by atoms with Gasteiger partial charge in [-0.15, -0.1) is 11.3 Å². The number of hydrogen-bond acceptors (Lipinski definition) is 7. The van der Waals surface area contributed by atoms with Crippen molar-refractivity contribution >= 4 is 28.2 Å². The van der Waals surface area contributed by atoms with E-state index in [2.05, 4.69) is 4.98 Å². The number of anilines is 1. The molecule has 0 bridgehead atoms. The highest BCUT2D eigenvalue weighted by molar-refractivity contribution is 7.13. The first kappa shape index (κ1) is 18.0. The number of thiazole rings is 1. The Morgan fingerprint density at radius 1 is 1.32 bits per heavy atom. The summed E-state index contributed by atoms with van der Waals surface area (Å²) in [4.78, 5) is 31.3. The number of aliphatic hydroxyl groups excluding tert-OH is 1. The molecule has 0 fully saturated rings. The second-order valence-corrected chi connectivity index (χ2v) is 6.84. The van der Waals surface area contributed by atoms with Crippen LogP contribution in [0.2, 0.25) is 0 Å². The predicted molar refractivity (Wildman–Crippen MR) is 103 cm³/mol. The van der Waals surface area contributed by atoms with Crippen LogP contribution in [0.15, 0.2) is 70.0 Å². The van der Waals surface area contributed by atoms with Crippen molar-refractivity contribution in [1.82, 2.24) is 4.98 Å². The number of benzene rings is 1. The average molecular weight is 396 g/mol. The monoisotopic (exact) mass is 396 g/mol. The average Bonchev–Trinajstić information content (AvgIpc) is 3.45. The molecule has 0 aliphatic carbocycles. The summed E-state index contributed by atoms with van der Waals surface area (Å²) in [6.45, 7) is 2.41. The second-order valence-electron chi connectivity index (χ2n) is 5.96. The van der Waals surface area contributed by atoms with Gasteiger partial charge in [0, 0.05) is 11.6 Å². The minimum absolute atomic E-state index is 0.0423. The molecule has 1 amide bonds. The van der Waals surface area contributed by atoms with Crippen molar-refractivity contribution in [3.05, 3.63) is 76.9 Å². The molecule has 7 nitrogen and oxygen atoms in total. The minimum atomic E-state index is -0.827. The standard InChI is InChI=1S/C20H16N2O5S/c1-2-26-13-7-5-12(6-8-13)16-15(17(23)14-4-3-10-27-14)18(24)19(25)22(16)20-21-9-11-28-20/h3-11,16,24H,2H2,1H3. The molecule has 1 aromatic carbocycles. The molecule has 1 atom stereocenters. The summed E-state index contributed by atoms with van der Waals surface area (Å²) in [6, 6.07) is 9.28. The molecule has 4 rings (SSSR count). The molecule has 8 heteroatoms. The SMILES string of the molecule is CCOc1ccc(C2C(C(=O)c3ccco3)=C(O)C(=O)N2c2nccs2)cc1. The molecule has 2 aromatic heterocycles. The van der Waals surface area contributed by atoms with Gasteiger partial charge in [-0.3, -0.25) is 14.5 Å². The predicted octanol–water partition coefficient (Wildman–Crippen LogP) is 3.92. The van der Waals surface area contributed by atoms with Crippen molar-refractivity contribution in [1.29, 1.82) is 0 Å². The third-order valence-corrected chi connectivity index (χ3v) is 5.10. The normalized spacial score (nSPS) is 16.7. The van der Waals surface area contributed by atoms with E-state index in [0.717, 1.165) is 0 Å². The van der Waals surface area contributed by atoms with Crippen LogP contribution in [0.25, 0.3) is 0 Å². The van der Waals surface area contributed by atoms with Crippen LogP contribution in [0, 0.1) is 0 Å². The Morgan fingerprint density at radius 2 is 2.11 bits per heavy atom. The largest absolute Gasteiger partial charge is 0.503 e. The lowest BCUT2D eigenvalue weighted by molar-refractivity contribution is -0.117. The zero-order valence-electron chi connectivity index (χ0n) is 14.9. The lowest BCUT2D eigenvalue weighted by atomic mass is 9.95. The highest BCUT2D eigenvalue weighted by atomic mass is 32.1. The quantitative estimate of drug-likeness (QED) is 0.635. The maximum absolute atomic E-state index is 13.0. The molecule has 0 saturated heterocycles. The van der Waals surface area contributed by atoms with Gasteiger partial charge in [0.25, 0.3) is 5.91 Å². The first-order valence-corrected chi connectivity index (χ1v) is 9.47.